The van der Waals surface area contributed by atoms with Crippen molar-refractivity contribution in [1.29, 1.82) is 0 Å². The van der Waals surface area contributed by atoms with Gasteiger partial charge in [0.05, 0.1) is 5.75 Å². The molecule has 0 radical (unpaired) electrons. The number of carbonyl (C=O) groups is 2. The van der Waals surface area contributed by atoms with Gasteiger partial charge in [0.25, 0.3) is 0 Å². The second-order valence-corrected chi connectivity index (χ2v) is 8.74. The number of thioether (sulfide) groups is 1. The number of aromatic nitrogens is 2. The second-order valence-electron chi connectivity index (χ2n) is 6.54. The SMILES string of the molecule is CCCCC(=O)Nc1nnc(SCC(=O)c2ccc(OCc3ccccc3)cc2)s1. The first-order valence-electron chi connectivity index (χ1n) is 9.70. The number of unbranched alkanes of at least 4 members (excludes halogenated alkanes) is 1. The Hall–Kier alpha value is -2.71. The summed E-state index contributed by atoms with van der Waals surface area (Å²) in [6, 6.07) is 17.1. The van der Waals surface area contributed by atoms with Gasteiger partial charge in [-0.25, -0.2) is 0 Å². The van der Waals surface area contributed by atoms with Crippen molar-refractivity contribution in [3.05, 3.63) is 65.7 Å². The molecule has 156 valence electrons. The molecule has 1 amide bonds. The van der Waals surface area contributed by atoms with Crippen molar-refractivity contribution in [3.63, 3.8) is 0 Å². The third-order valence-electron chi connectivity index (χ3n) is 4.16. The molecule has 3 rings (SSSR count). The van der Waals surface area contributed by atoms with E-state index < -0.39 is 0 Å². The number of hydrogen-bond acceptors (Lipinski definition) is 7. The summed E-state index contributed by atoms with van der Waals surface area (Å²) in [6.07, 6.45) is 2.28. The van der Waals surface area contributed by atoms with Crippen LogP contribution >= 0.6 is 23.1 Å². The molecule has 0 saturated carbocycles. The summed E-state index contributed by atoms with van der Waals surface area (Å²) in [5.74, 6) is 0.909. The quantitative estimate of drug-likeness (QED) is 0.250. The van der Waals surface area contributed by atoms with Gasteiger partial charge in [0, 0.05) is 12.0 Å². The van der Waals surface area contributed by atoms with Crippen LogP contribution in [-0.2, 0) is 11.4 Å². The van der Waals surface area contributed by atoms with Crippen molar-refractivity contribution in [3.8, 4) is 5.75 Å². The van der Waals surface area contributed by atoms with Crippen LogP contribution in [-0.4, -0.2) is 27.6 Å². The molecule has 0 unspecified atom stereocenters. The smallest absolute Gasteiger partial charge is 0.226 e. The number of benzene rings is 2. The molecule has 0 atom stereocenters. The number of carbonyl (C=O) groups excluding carboxylic acids is 2. The standard InChI is InChI=1S/C22H23N3O3S2/c1-2-3-9-20(27)23-21-24-25-22(30-21)29-15-19(26)17-10-12-18(13-11-17)28-14-16-7-5-4-6-8-16/h4-8,10-13H,2-3,9,14-15H2,1H3,(H,23,24,27). The van der Waals surface area contributed by atoms with Crippen LogP contribution in [0.25, 0.3) is 0 Å². The maximum absolute atomic E-state index is 12.4. The van der Waals surface area contributed by atoms with E-state index in [0.717, 1.165) is 24.2 Å². The zero-order valence-corrected chi connectivity index (χ0v) is 18.3. The minimum atomic E-state index is -0.0600. The molecule has 0 bridgehead atoms. The van der Waals surface area contributed by atoms with Crippen LogP contribution < -0.4 is 10.1 Å². The highest BCUT2D eigenvalue weighted by molar-refractivity contribution is 8.01. The van der Waals surface area contributed by atoms with Crippen molar-refractivity contribution in [2.45, 2.75) is 37.1 Å². The van der Waals surface area contributed by atoms with Gasteiger partial charge in [-0.2, -0.15) is 0 Å². The highest BCUT2D eigenvalue weighted by Crippen LogP contribution is 2.26. The number of nitrogens with zero attached hydrogens (tertiary/aromatic N) is 2. The summed E-state index contributed by atoms with van der Waals surface area (Å²) < 4.78 is 6.40. The predicted molar refractivity (Wildman–Crippen MR) is 120 cm³/mol. The largest absolute Gasteiger partial charge is 0.489 e. The van der Waals surface area contributed by atoms with E-state index in [2.05, 4.69) is 15.5 Å². The second kappa shape index (κ2) is 11.5. The fourth-order valence-corrected chi connectivity index (χ4v) is 4.19. The van der Waals surface area contributed by atoms with E-state index >= 15 is 0 Å². The van der Waals surface area contributed by atoms with E-state index in [9.17, 15) is 9.59 Å². The third-order valence-corrected chi connectivity index (χ3v) is 6.13. The van der Waals surface area contributed by atoms with Crippen molar-refractivity contribution in [2.24, 2.45) is 0 Å². The molecule has 0 aliphatic heterocycles. The summed E-state index contributed by atoms with van der Waals surface area (Å²) in [6.45, 7) is 2.52. The number of hydrogen-bond donors (Lipinski definition) is 1. The molecule has 0 fully saturated rings. The number of amides is 1. The molecule has 8 heteroatoms. The molecule has 1 heterocycles. The molecule has 1 aromatic heterocycles. The molecule has 1 N–H and O–H groups in total. The lowest BCUT2D eigenvalue weighted by Gasteiger charge is -2.07. The van der Waals surface area contributed by atoms with Gasteiger partial charge >= 0.3 is 0 Å². The molecule has 3 aromatic rings. The van der Waals surface area contributed by atoms with Gasteiger partial charge in [0.2, 0.25) is 11.0 Å². The monoisotopic (exact) mass is 441 g/mol. The zero-order chi connectivity index (χ0) is 21.2. The number of rotatable bonds is 11. The number of Topliss-reactive ketones (excluding diaryl/α,β-unsaturated/α-hetero) is 1. The van der Waals surface area contributed by atoms with Gasteiger partial charge in [0.15, 0.2) is 10.1 Å². The van der Waals surface area contributed by atoms with E-state index in [-0.39, 0.29) is 17.4 Å². The van der Waals surface area contributed by atoms with Gasteiger partial charge in [0.1, 0.15) is 12.4 Å². The summed E-state index contributed by atoms with van der Waals surface area (Å²) in [7, 11) is 0. The first kappa shape index (κ1) is 22.0. The number of ketones is 1. The molecule has 0 aliphatic rings. The van der Waals surface area contributed by atoms with E-state index in [1.54, 1.807) is 24.3 Å². The van der Waals surface area contributed by atoms with Gasteiger partial charge in [-0.15, -0.1) is 10.2 Å². The van der Waals surface area contributed by atoms with Crippen molar-refractivity contribution in [1.82, 2.24) is 10.2 Å². The molecule has 0 spiro atoms. The van der Waals surface area contributed by atoms with Crippen LogP contribution in [0.5, 0.6) is 5.75 Å². The fraction of sp³-hybridized carbons (Fsp3) is 0.273. The Bertz CT molecular complexity index is 959. The van der Waals surface area contributed by atoms with Crippen LogP contribution in [0, 0.1) is 0 Å². The van der Waals surface area contributed by atoms with E-state index in [0.29, 0.717) is 28.1 Å². The van der Waals surface area contributed by atoms with Crippen molar-refractivity contribution in [2.75, 3.05) is 11.1 Å². The molecule has 6 nitrogen and oxygen atoms in total. The lowest BCUT2D eigenvalue weighted by atomic mass is 10.1. The van der Waals surface area contributed by atoms with Crippen LogP contribution in [0.1, 0.15) is 42.1 Å². The Morgan fingerprint density at radius 3 is 2.57 bits per heavy atom. The third kappa shape index (κ3) is 6.96. The van der Waals surface area contributed by atoms with Crippen LogP contribution in [0.2, 0.25) is 0 Å². The van der Waals surface area contributed by atoms with Crippen molar-refractivity contribution >= 4 is 39.9 Å². The lowest BCUT2D eigenvalue weighted by Crippen LogP contribution is -2.10. The summed E-state index contributed by atoms with van der Waals surface area (Å²) in [5, 5.41) is 11.2. The van der Waals surface area contributed by atoms with E-state index in [4.69, 9.17) is 4.74 Å². The molecule has 0 saturated heterocycles. The highest BCUT2D eigenvalue weighted by atomic mass is 32.2. The van der Waals surface area contributed by atoms with Gasteiger partial charge < -0.3 is 10.1 Å². The van der Waals surface area contributed by atoms with Crippen LogP contribution in [0.4, 0.5) is 5.13 Å². The number of anilines is 1. The summed E-state index contributed by atoms with van der Waals surface area (Å²) in [5.41, 5.74) is 1.71. The number of nitrogens with one attached hydrogen (secondary N) is 1. The number of ether oxygens (including phenoxy) is 1. The van der Waals surface area contributed by atoms with Gasteiger partial charge in [-0.1, -0.05) is 66.8 Å². The summed E-state index contributed by atoms with van der Waals surface area (Å²) >= 11 is 2.59. The molecule has 2 aromatic carbocycles. The molecular formula is C22H23N3O3S2. The average Bonchev–Trinajstić information content (AvgIpc) is 3.23. The van der Waals surface area contributed by atoms with Crippen LogP contribution in [0.15, 0.2) is 58.9 Å². The topological polar surface area (TPSA) is 81.2 Å². The normalized spacial score (nSPS) is 10.6. The van der Waals surface area contributed by atoms with Crippen molar-refractivity contribution < 1.29 is 14.3 Å². The minimum absolute atomic E-state index is 0.00154. The Balaban J connectivity index is 1.45. The lowest BCUT2D eigenvalue weighted by molar-refractivity contribution is -0.116. The van der Waals surface area contributed by atoms with E-state index in [1.807, 2.05) is 37.3 Å². The fourth-order valence-electron chi connectivity index (χ4n) is 2.53. The van der Waals surface area contributed by atoms with Crippen LogP contribution in [0.3, 0.4) is 0 Å². The van der Waals surface area contributed by atoms with E-state index in [1.165, 1.54) is 23.1 Å². The Labute approximate surface area is 184 Å². The zero-order valence-electron chi connectivity index (χ0n) is 16.7. The first-order chi connectivity index (χ1) is 14.6. The Morgan fingerprint density at radius 2 is 1.83 bits per heavy atom. The maximum Gasteiger partial charge on any atom is 0.226 e. The first-order valence-corrected chi connectivity index (χ1v) is 11.5. The van der Waals surface area contributed by atoms with Gasteiger partial charge in [-0.05, 0) is 36.2 Å². The van der Waals surface area contributed by atoms with Gasteiger partial charge in [-0.3, -0.25) is 9.59 Å². The molecular weight excluding hydrogens is 418 g/mol. The predicted octanol–water partition coefficient (Wildman–Crippen LogP) is 5.22. The highest BCUT2D eigenvalue weighted by Gasteiger charge is 2.12. The molecule has 0 aliphatic carbocycles. The summed E-state index contributed by atoms with van der Waals surface area (Å²) in [4.78, 5) is 24.2. The maximum atomic E-state index is 12.4. The average molecular weight is 442 g/mol. The Morgan fingerprint density at radius 1 is 1.07 bits per heavy atom. The minimum Gasteiger partial charge on any atom is -0.489 e. The Kier molecular flexibility index (Phi) is 8.41. The molecule has 30 heavy (non-hydrogen) atoms.